The minimum Gasteiger partial charge on any atom is -0.273 e. The summed E-state index contributed by atoms with van der Waals surface area (Å²) in [5.74, 6) is -6.51. The van der Waals surface area contributed by atoms with Crippen molar-refractivity contribution >= 4 is 16.9 Å². The molecule has 3 aromatic rings. The van der Waals surface area contributed by atoms with Gasteiger partial charge in [-0.25, -0.2) is 14.1 Å². The van der Waals surface area contributed by atoms with Crippen LogP contribution in [0.3, 0.4) is 0 Å². The van der Waals surface area contributed by atoms with Crippen LogP contribution in [-0.2, 0) is 23.7 Å². The highest BCUT2D eigenvalue weighted by Crippen LogP contribution is 2.26. The second kappa shape index (κ2) is 7.46. The number of carbonyl (C=O) groups excluding carboxylic acids is 1. The zero-order valence-corrected chi connectivity index (χ0v) is 15.2. The van der Waals surface area contributed by atoms with Gasteiger partial charge >= 0.3 is 12.1 Å². The Bertz CT molecular complexity index is 1140. The Morgan fingerprint density at radius 2 is 1.77 bits per heavy atom. The van der Waals surface area contributed by atoms with Crippen molar-refractivity contribution in [3.05, 3.63) is 58.0 Å². The van der Waals surface area contributed by atoms with Crippen molar-refractivity contribution in [3.8, 4) is 0 Å². The van der Waals surface area contributed by atoms with Gasteiger partial charge in [0.05, 0.1) is 12.6 Å². The van der Waals surface area contributed by atoms with Crippen LogP contribution >= 0.6 is 0 Å². The van der Waals surface area contributed by atoms with Gasteiger partial charge in [0.15, 0.2) is 5.65 Å². The molecule has 0 aliphatic rings. The average molecular weight is 433 g/mol. The van der Waals surface area contributed by atoms with Crippen LogP contribution in [0.15, 0.2) is 35.3 Å². The number of nitrogens with one attached hydrogen (secondary N) is 1. The average Bonchev–Trinajstić information content (AvgIpc) is 2.99. The Morgan fingerprint density at radius 3 is 2.33 bits per heavy atom. The fourth-order valence-corrected chi connectivity index (χ4v) is 2.65. The Labute approximate surface area is 163 Å². The molecule has 1 N–H and O–H groups in total. The lowest BCUT2D eigenvalue weighted by Crippen LogP contribution is -2.39. The van der Waals surface area contributed by atoms with Crippen LogP contribution in [-0.4, -0.2) is 31.5 Å². The number of benzene rings is 1. The van der Waals surface area contributed by atoms with E-state index < -0.39 is 52.8 Å². The van der Waals surface area contributed by atoms with Crippen molar-refractivity contribution in [1.82, 2.24) is 19.4 Å². The molecule has 1 aromatic carbocycles. The summed E-state index contributed by atoms with van der Waals surface area (Å²) >= 11 is 0. The topological polar surface area (TPSA) is 81.8 Å². The SMILES string of the molecule is CC(F)(F)c1nc2c(cnn2CC(F)(F)F)c(=O)n1NC(=O)Cc1ccc(F)cc1. The molecule has 0 saturated heterocycles. The van der Waals surface area contributed by atoms with E-state index >= 15 is 0 Å². The van der Waals surface area contributed by atoms with Gasteiger partial charge in [-0.05, 0) is 17.7 Å². The van der Waals surface area contributed by atoms with E-state index in [1.807, 2.05) is 5.43 Å². The lowest BCUT2D eigenvalue weighted by Gasteiger charge is -2.18. The predicted octanol–water partition coefficient (Wildman–Crippen LogP) is 2.72. The summed E-state index contributed by atoms with van der Waals surface area (Å²) in [7, 11) is 0. The smallest absolute Gasteiger partial charge is 0.273 e. The first kappa shape index (κ1) is 21.3. The summed E-state index contributed by atoms with van der Waals surface area (Å²) < 4.78 is 79.5. The first-order valence-corrected chi connectivity index (χ1v) is 8.33. The third-order valence-electron chi connectivity index (χ3n) is 3.90. The highest BCUT2D eigenvalue weighted by molar-refractivity contribution is 5.86. The third-order valence-corrected chi connectivity index (χ3v) is 3.90. The summed E-state index contributed by atoms with van der Waals surface area (Å²) in [6, 6.07) is 4.75. The van der Waals surface area contributed by atoms with Crippen molar-refractivity contribution < 1.29 is 31.1 Å². The molecule has 2 heterocycles. The Morgan fingerprint density at radius 1 is 1.13 bits per heavy atom. The minimum absolute atomic E-state index is 0.174. The van der Waals surface area contributed by atoms with Gasteiger partial charge in [0.1, 0.15) is 17.7 Å². The maximum atomic E-state index is 14.1. The van der Waals surface area contributed by atoms with Crippen LogP contribution in [0.25, 0.3) is 11.0 Å². The zero-order chi connectivity index (χ0) is 22.3. The number of hydrogen-bond donors (Lipinski definition) is 1. The van der Waals surface area contributed by atoms with Gasteiger partial charge in [-0.15, -0.1) is 0 Å². The number of hydrogen-bond acceptors (Lipinski definition) is 4. The van der Waals surface area contributed by atoms with Crippen molar-refractivity contribution in [2.24, 2.45) is 0 Å². The standard InChI is InChI=1S/C17H13F6N5O2/c1-16(19,20)15-25-13-11(7-24-27(13)8-17(21,22)23)14(30)28(15)26-12(29)6-9-2-4-10(18)5-3-9/h2-5,7H,6,8H2,1H3,(H,26,29). The molecular formula is C17H13F6N5O2. The van der Waals surface area contributed by atoms with Gasteiger partial charge in [-0.1, -0.05) is 12.1 Å². The van der Waals surface area contributed by atoms with E-state index in [0.29, 0.717) is 12.5 Å². The predicted molar refractivity (Wildman–Crippen MR) is 91.9 cm³/mol. The second-order valence-electron chi connectivity index (χ2n) is 6.46. The number of amides is 1. The summed E-state index contributed by atoms with van der Waals surface area (Å²) in [5.41, 5.74) is 0.379. The summed E-state index contributed by atoms with van der Waals surface area (Å²) in [6.45, 7) is -1.27. The molecule has 0 aliphatic carbocycles. The van der Waals surface area contributed by atoms with Crippen molar-refractivity contribution in [3.63, 3.8) is 0 Å². The number of halogens is 6. The molecule has 0 saturated carbocycles. The molecule has 30 heavy (non-hydrogen) atoms. The first-order chi connectivity index (χ1) is 13.8. The van der Waals surface area contributed by atoms with Gasteiger partial charge in [0.25, 0.3) is 5.56 Å². The quantitative estimate of drug-likeness (QED) is 0.628. The number of rotatable bonds is 5. The molecular weight excluding hydrogens is 420 g/mol. The van der Waals surface area contributed by atoms with Crippen molar-refractivity contribution in [1.29, 1.82) is 0 Å². The Kier molecular flexibility index (Phi) is 5.31. The maximum absolute atomic E-state index is 14.1. The number of nitrogens with zero attached hydrogens (tertiary/aromatic N) is 4. The van der Waals surface area contributed by atoms with Gasteiger partial charge in [-0.2, -0.15) is 31.7 Å². The van der Waals surface area contributed by atoms with Gasteiger partial charge in [0, 0.05) is 6.92 Å². The minimum atomic E-state index is -4.73. The van der Waals surface area contributed by atoms with Crippen molar-refractivity contribution in [2.45, 2.75) is 32.0 Å². The fourth-order valence-electron chi connectivity index (χ4n) is 2.65. The molecule has 0 radical (unpaired) electrons. The molecule has 0 spiro atoms. The number of carbonyl (C=O) groups is 1. The largest absolute Gasteiger partial charge is 0.408 e. The van der Waals surface area contributed by atoms with E-state index in [1.165, 1.54) is 12.1 Å². The van der Waals surface area contributed by atoms with E-state index in [9.17, 15) is 35.9 Å². The highest BCUT2D eigenvalue weighted by Gasteiger charge is 2.35. The Hall–Kier alpha value is -3.38. The van der Waals surface area contributed by atoms with E-state index in [1.54, 1.807) is 0 Å². The van der Waals surface area contributed by atoms with Crippen LogP contribution in [0.2, 0.25) is 0 Å². The summed E-state index contributed by atoms with van der Waals surface area (Å²) in [5, 5.41) is 2.90. The van der Waals surface area contributed by atoms with Crippen LogP contribution in [0.4, 0.5) is 26.3 Å². The molecule has 0 fully saturated rings. The third kappa shape index (κ3) is 4.60. The molecule has 13 heteroatoms. The molecule has 0 bridgehead atoms. The van der Waals surface area contributed by atoms with E-state index in [0.717, 1.165) is 18.3 Å². The van der Waals surface area contributed by atoms with Gasteiger partial charge in [0.2, 0.25) is 11.7 Å². The molecule has 160 valence electrons. The monoisotopic (exact) mass is 433 g/mol. The van der Waals surface area contributed by atoms with Crippen molar-refractivity contribution in [2.75, 3.05) is 5.43 Å². The molecule has 1 amide bonds. The number of fused-ring (bicyclic) bond motifs is 1. The summed E-state index contributed by atoms with van der Waals surface area (Å²) in [6.07, 6.45) is -4.36. The second-order valence-corrected chi connectivity index (χ2v) is 6.46. The lowest BCUT2D eigenvalue weighted by atomic mass is 10.1. The first-order valence-electron chi connectivity index (χ1n) is 8.33. The maximum Gasteiger partial charge on any atom is 0.408 e. The van der Waals surface area contributed by atoms with Crippen LogP contribution in [0.1, 0.15) is 18.3 Å². The van der Waals surface area contributed by atoms with E-state index in [4.69, 9.17) is 0 Å². The van der Waals surface area contributed by atoms with Crippen LogP contribution < -0.4 is 11.0 Å². The molecule has 0 unspecified atom stereocenters. The van der Waals surface area contributed by atoms with Gasteiger partial charge in [-0.3, -0.25) is 15.0 Å². The zero-order valence-electron chi connectivity index (χ0n) is 15.2. The Balaban J connectivity index is 2.02. The van der Waals surface area contributed by atoms with Gasteiger partial charge < -0.3 is 0 Å². The fraction of sp³-hybridized carbons (Fsp3) is 0.294. The van der Waals surface area contributed by atoms with Crippen LogP contribution in [0.5, 0.6) is 0 Å². The number of alkyl halides is 5. The molecule has 0 aliphatic heterocycles. The van der Waals surface area contributed by atoms with E-state index in [-0.39, 0.29) is 15.8 Å². The molecule has 0 atom stereocenters. The normalized spacial score (nSPS) is 12.4. The summed E-state index contributed by atoms with van der Waals surface area (Å²) in [4.78, 5) is 28.3. The highest BCUT2D eigenvalue weighted by atomic mass is 19.4. The molecule has 7 nitrogen and oxygen atoms in total. The molecule has 2 aromatic heterocycles. The lowest BCUT2D eigenvalue weighted by molar-refractivity contribution is -0.141. The molecule has 3 rings (SSSR count). The number of aromatic nitrogens is 4. The van der Waals surface area contributed by atoms with Crippen LogP contribution in [0, 0.1) is 5.82 Å². The van der Waals surface area contributed by atoms with E-state index in [2.05, 4.69) is 10.1 Å².